The number of fused-ring (bicyclic) bond motifs is 1. The number of ether oxygens (including phenoxy) is 1. The van der Waals surface area contributed by atoms with Crippen molar-refractivity contribution in [2.45, 2.75) is 13.5 Å². The maximum atomic E-state index is 11.9. The highest BCUT2D eigenvalue weighted by Crippen LogP contribution is 2.19. The van der Waals surface area contributed by atoms with E-state index in [1.165, 1.54) is 12.1 Å². The van der Waals surface area contributed by atoms with E-state index in [1.807, 2.05) is 43.3 Å². The van der Waals surface area contributed by atoms with Gasteiger partial charge in [-0.25, -0.2) is 9.59 Å². The Balaban J connectivity index is 1.74. The second-order valence-electron chi connectivity index (χ2n) is 5.59. The number of halogens is 1. The Hall–Kier alpha value is -2.66. The molecule has 0 amide bonds. The summed E-state index contributed by atoms with van der Waals surface area (Å²) < 4.78 is 11.4. The molecule has 0 saturated carbocycles. The summed E-state index contributed by atoms with van der Waals surface area (Å²) in [5.41, 5.74) is 2.52. The first kappa shape index (κ1) is 17.2. The van der Waals surface area contributed by atoms with Gasteiger partial charge in [0.05, 0.1) is 0 Å². The van der Waals surface area contributed by atoms with E-state index in [-0.39, 0.29) is 6.61 Å². The molecule has 1 heterocycles. The quantitative estimate of drug-likeness (QED) is 0.365. The zero-order valence-corrected chi connectivity index (χ0v) is 15.1. The summed E-state index contributed by atoms with van der Waals surface area (Å²) in [6, 6.07) is 14.5. The zero-order valence-electron chi connectivity index (χ0n) is 13.5. The van der Waals surface area contributed by atoms with Gasteiger partial charge in [0, 0.05) is 27.6 Å². The van der Waals surface area contributed by atoms with Crippen LogP contribution in [0, 0.1) is 6.92 Å². The monoisotopic (exact) mass is 398 g/mol. The zero-order chi connectivity index (χ0) is 17.8. The summed E-state index contributed by atoms with van der Waals surface area (Å²) in [5.74, 6) is -0.478. The fourth-order valence-electron chi connectivity index (χ4n) is 2.43. The van der Waals surface area contributed by atoms with Crippen molar-refractivity contribution in [1.29, 1.82) is 0 Å². The Morgan fingerprint density at radius 2 is 2.04 bits per heavy atom. The van der Waals surface area contributed by atoms with Gasteiger partial charge in [0.25, 0.3) is 0 Å². The van der Waals surface area contributed by atoms with Crippen molar-refractivity contribution < 1.29 is 13.9 Å². The number of benzene rings is 2. The molecule has 3 rings (SSSR count). The van der Waals surface area contributed by atoms with E-state index < -0.39 is 11.6 Å². The molecule has 0 fully saturated rings. The van der Waals surface area contributed by atoms with Crippen molar-refractivity contribution in [1.82, 2.24) is 0 Å². The Kier molecular flexibility index (Phi) is 5.14. The SMILES string of the molecule is Cc1ccc2c(COC(=O)/C=C/c3cccc(Br)c3)cc(=O)oc2c1. The highest BCUT2D eigenvalue weighted by atomic mass is 79.9. The van der Waals surface area contributed by atoms with Crippen LogP contribution in [-0.4, -0.2) is 5.97 Å². The number of hydrogen-bond acceptors (Lipinski definition) is 4. The number of esters is 1. The number of aryl methyl sites for hydroxylation is 1. The molecule has 0 atom stereocenters. The molecule has 0 spiro atoms. The molecule has 5 heteroatoms. The van der Waals surface area contributed by atoms with Gasteiger partial charge in [0.1, 0.15) is 12.2 Å². The number of rotatable bonds is 4. The standard InChI is InChI=1S/C20H15BrO4/c1-13-5-7-17-15(11-20(23)25-18(17)9-13)12-24-19(22)8-6-14-3-2-4-16(21)10-14/h2-11H,12H2,1H3/b8-6+. The van der Waals surface area contributed by atoms with Gasteiger partial charge < -0.3 is 9.15 Å². The molecule has 0 N–H and O–H groups in total. The Morgan fingerprint density at radius 3 is 2.84 bits per heavy atom. The minimum Gasteiger partial charge on any atom is -0.458 e. The average molecular weight is 399 g/mol. The van der Waals surface area contributed by atoms with Crippen LogP contribution in [0.1, 0.15) is 16.7 Å². The molecule has 1 aromatic heterocycles. The van der Waals surface area contributed by atoms with Gasteiger partial charge in [-0.15, -0.1) is 0 Å². The van der Waals surface area contributed by atoms with E-state index >= 15 is 0 Å². The Bertz CT molecular complexity index is 1020. The maximum Gasteiger partial charge on any atom is 0.336 e. The molecule has 3 aromatic rings. The van der Waals surface area contributed by atoms with Crippen molar-refractivity contribution in [3.05, 3.63) is 86.2 Å². The predicted octanol–water partition coefficient (Wildman–Crippen LogP) is 4.62. The van der Waals surface area contributed by atoms with Crippen LogP contribution in [0.2, 0.25) is 0 Å². The van der Waals surface area contributed by atoms with Crippen LogP contribution in [0.3, 0.4) is 0 Å². The molecule has 126 valence electrons. The lowest BCUT2D eigenvalue weighted by Crippen LogP contribution is -2.05. The van der Waals surface area contributed by atoms with Gasteiger partial charge in [-0.3, -0.25) is 0 Å². The van der Waals surface area contributed by atoms with Gasteiger partial charge in [-0.1, -0.05) is 40.2 Å². The third kappa shape index (κ3) is 4.45. The van der Waals surface area contributed by atoms with E-state index in [0.29, 0.717) is 11.1 Å². The third-order valence-electron chi connectivity index (χ3n) is 3.62. The van der Waals surface area contributed by atoms with Crippen LogP contribution in [0.25, 0.3) is 17.0 Å². The van der Waals surface area contributed by atoms with E-state index in [2.05, 4.69) is 15.9 Å². The van der Waals surface area contributed by atoms with Gasteiger partial charge in [0.2, 0.25) is 0 Å². The van der Waals surface area contributed by atoms with Gasteiger partial charge in [-0.05, 0) is 42.3 Å². The first-order valence-electron chi connectivity index (χ1n) is 7.65. The first-order valence-corrected chi connectivity index (χ1v) is 8.44. The fourth-order valence-corrected chi connectivity index (χ4v) is 2.85. The lowest BCUT2D eigenvalue weighted by atomic mass is 10.1. The first-order chi connectivity index (χ1) is 12.0. The second kappa shape index (κ2) is 7.49. The molecule has 0 saturated heterocycles. The molecule has 0 aliphatic heterocycles. The minimum absolute atomic E-state index is 0.00676. The van der Waals surface area contributed by atoms with E-state index in [4.69, 9.17) is 9.15 Å². The summed E-state index contributed by atoms with van der Waals surface area (Å²) in [4.78, 5) is 23.6. The lowest BCUT2D eigenvalue weighted by molar-refractivity contribution is -0.138. The highest BCUT2D eigenvalue weighted by molar-refractivity contribution is 9.10. The number of carbonyl (C=O) groups excluding carboxylic acids is 1. The van der Waals surface area contributed by atoms with Crippen LogP contribution in [0.15, 0.2) is 68.3 Å². The molecule has 0 aliphatic rings. The van der Waals surface area contributed by atoms with Crippen molar-refractivity contribution in [2.24, 2.45) is 0 Å². The highest BCUT2D eigenvalue weighted by Gasteiger charge is 2.08. The van der Waals surface area contributed by atoms with Crippen LogP contribution in [-0.2, 0) is 16.1 Å². The maximum absolute atomic E-state index is 11.9. The Morgan fingerprint density at radius 1 is 1.20 bits per heavy atom. The normalized spacial score (nSPS) is 11.1. The molecule has 0 aliphatic carbocycles. The molecular weight excluding hydrogens is 384 g/mol. The van der Waals surface area contributed by atoms with Crippen molar-refractivity contribution >= 4 is 38.9 Å². The molecule has 0 bridgehead atoms. The smallest absolute Gasteiger partial charge is 0.336 e. The van der Waals surface area contributed by atoms with Crippen molar-refractivity contribution in [3.8, 4) is 0 Å². The van der Waals surface area contributed by atoms with Crippen LogP contribution >= 0.6 is 15.9 Å². The van der Waals surface area contributed by atoms with Gasteiger partial charge >= 0.3 is 11.6 Å². The Labute approximate surface area is 152 Å². The number of carbonyl (C=O) groups is 1. The van der Waals surface area contributed by atoms with Gasteiger partial charge in [-0.2, -0.15) is 0 Å². The fraction of sp³-hybridized carbons (Fsp3) is 0.100. The van der Waals surface area contributed by atoms with E-state index in [9.17, 15) is 9.59 Å². The average Bonchev–Trinajstić information content (AvgIpc) is 2.57. The predicted molar refractivity (Wildman–Crippen MR) is 100 cm³/mol. The second-order valence-corrected chi connectivity index (χ2v) is 6.50. The van der Waals surface area contributed by atoms with Crippen LogP contribution < -0.4 is 5.63 Å². The molecule has 25 heavy (non-hydrogen) atoms. The van der Waals surface area contributed by atoms with Crippen molar-refractivity contribution in [2.75, 3.05) is 0 Å². The van der Waals surface area contributed by atoms with Crippen molar-refractivity contribution in [3.63, 3.8) is 0 Å². The molecule has 4 nitrogen and oxygen atoms in total. The molecule has 2 aromatic carbocycles. The molecule has 0 unspecified atom stereocenters. The summed E-state index contributed by atoms with van der Waals surface area (Å²) in [6.07, 6.45) is 3.04. The van der Waals surface area contributed by atoms with Crippen LogP contribution in [0.4, 0.5) is 0 Å². The minimum atomic E-state index is -0.478. The summed E-state index contributed by atoms with van der Waals surface area (Å²) in [6.45, 7) is 1.92. The number of hydrogen-bond donors (Lipinski definition) is 0. The summed E-state index contributed by atoms with van der Waals surface area (Å²) in [7, 11) is 0. The largest absolute Gasteiger partial charge is 0.458 e. The molecule has 0 radical (unpaired) electrons. The lowest BCUT2D eigenvalue weighted by Gasteiger charge is -2.06. The van der Waals surface area contributed by atoms with Gasteiger partial charge in [0.15, 0.2) is 0 Å². The van der Waals surface area contributed by atoms with E-state index in [0.717, 1.165) is 21.0 Å². The van der Waals surface area contributed by atoms with E-state index in [1.54, 1.807) is 12.1 Å². The topological polar surface area (TPSA) is 56.5 Å². The summed E-state index contributed by atoms with van der Waals surface area (Å²) >= 11 is 3.38. The summed E-state index contributed by atoms with van der Waals surface area (Å²) in [5, 5.41) is 0.758. The third-order valence-corrected chi connectivity index (χ3v) is 4.11. The molecular formula is C20H15BrO4. The van der Waals surface area contributed by atoms with Crippen LogP contribution in [0.5, 0.6) is 0 Å².